The van der Waals surface area contributed by atoms with Crippen LogP contribution in [0.25, 0.3) is 22.1 Å². The lowest BCUT2D eigenvalue weighted by Gasteiger charge is -2.13. The summed E-state index contributed by atoms with van der Waals surface area (Å²) in [4.78, 5) is 12.8. The number of methoxy groups -OCH3 is 1. The van der Waals surface area contributed by atoms with Crippen LogP contribution in [-0.4, -0.2) is 37.5 Å². The molecule has 6 nitrogen and oxygen atoms in total. The van der Waals surface area contributed by atoms with Gasteiger partial charge in [-0.2, -0.15) is 0 Å². The first-order valence-electron chi connectivity index (χ1n) is 9.38. The van der Waals surface area contributed by atoms with Gasteiger partial charge in [-0.05, 0) is 42.7 Å². The van der Waals surface area contributed by atoms with Gasteiger partial charge in [0.1, 0.15) is 36.1 Å². The van der Waals surface area contributed by atoms with E-state index in [2.05, 4.69) is 5.32 Å². The van der Waals surface area contributed by atoms with Crippen molar-refractivity contribution in [2.45, 2.75) is 25.0 Å². The number of fused-ring (bicyclic) bond motifs is 1. The van der Waals surface area contributed by atoms with Crippen molar-refractivity contribution < 1.29 is 19.0 Å². The van der Waals surface area contributed by atoms with E-state index in [1.165, 1.54) is 19.1 Å². The number of aliphatic hydroxyl groups is 1. The van der Waals surface area contributed by atoms with Crippen molar-refractivity contribution in [3.05, 3.63) is 59.0 Å². The Hall–Kier alpha value is -2.83. The number of ether oxygens (including phenoxy) is 2. The van der Waals surface area contributed by atoms with Gasteiger partial charge in [-0.1, -0.05) is 12.1 Å². The van der Waals surface area contributed by atoms with Crippen molar-refractivity contribution in [3.63, 3.8) is 0 Å². The number of nitrogens with one attached hydrogen (secondary N) is 1. The molecule has 0 spiro atoms. The SMILES string of the molecule is COc1ccc2c(=O)c(-c3ccc(OCC(O)CNC4CC4)cc3)coc2c1. The van der Waals surface area contributed by atoms with Crippen molar-refractivity contribution in [1.29, 1.82) is 0 Å². The Morgan fingerprint density at radius 3 is 2.64 bits per heavy atom. The van der Waals surface area contributed by atoms with Crippen molar-refractivity contribution in [2.75, 3.05) is 20.3 Å². The Labute approximate surface area is 162 Å². The molecule has 2 N–H and O–H groups in total. The Bertz CT molecular complexity index is 1010. The summed E-state index contributed by atoms with van der Waals surface area (Å²) in [5.74, 6) is 1.28. The fourth-order valence-corrected chi connectivity index (χ4v) is 3.01. The van der Waals surface area contributed by atoms with Crippen LogP contribution in [0.2, 0.25) is 0 Å². The smallest absolute Gasteiger partial charge is 0.200 e. The quantitative estimate of drug-likeness (QED) is 0.624. The van der Waals surface area contributed by atoms with E-state index in [-0.39, 0.29) is 12.0 Å². The maximum atomic E-state index is 12.8. The van der Waals surface area contributed by atoms with Crippen LogP contribution in [0, 0.1) is 0 Å². The molecular weight excluding hydrogens is 358 g/mol. The molecule has 1 fully saturated rings. The molecule has 1 aromatic heterocycles. The standard InChI is InChI=1S/C22H23NO5/c1-26-18-8-9-19-21(10-18)28-13-20(22(19)25)14-2-6-17(7-3-14)27-12-16(24)11-23-15-4-5-15/h2-3,6-10,13,15-16,23-24H,4-5,11-12H2,1H3. The van der Waals surface area contributed by atoms with Gasteiger partial charge in [0.05, 0.1) is 18.1 Å². The van der Waals surface area contributed by atoms with Crippen LogP contribution < -0.4 is 20.2 Å². The molecular formula is C22H23NO5. The van der Waals surface area contributed by atoms with Crippen molar-refractivity contribution >= 4 is 11.0 Å². The fraction of sp³-hybridized carbons (Fsp3) is 0.318. The van der Waals surface area contributed by atoms with Crippen LogP contribution in [0.15, 0.2) is 57.9 Å². The van der Waals surface area contributed by atoms with E-state index in [1.54, 1.807) is 37.4 Å². The van der Waals surface area contributed by atoms with Gasteiger partial charge in [0.25, 0.3) is 0 Å². The molecule has 1 atom stereocenters. The van der Waals surface area contributed by atoms with Gasteiger partial charge in [-0.25, -0.2) is 0 Å². The number of rotatable bonds is 8. The first-order valence-corrected chi connectivity index (χ1v) is 9.38. The molecule has 3 aromatic rings. The van der Waals surface area contributed by atoms with Crippen LogP contribution in [0.3, 0.4) is 0 Å². The van der Waals surface area contributed by atoms with E-state index in [1.807, 2.05) is 12.1 Å². The Morgan fingerprint density at radius 1 is 1.18 bits per heavy atom. The van der Waals surface area contributed by atoms with Gasteiger partial charge < -0.3 is 24.3 Å². The highest BCUT2D eigenvalue weighted by molar-refractivity contribution is 5.82. The summed E-state index contributed by atoms with van der Waals surface area (Å²) < 4.78 is 16.4. The number of hydrogen-bond acceptors (Lipinski definition) is 6. The predicted octanol–water partition coefficient (Wildman–Crippen LogP) is 2.96. The molecule has 1 unspecified atom stereocenters. The first-order chi connectivity index (χ1) is 13.6. The molecule has 1 heterocycles. The minimum atomic E-state index is -0.551. The monoisotopic (exact) mass is 381 g/mol. The van der Waals surface area contributed by atoms with Crippen LogP contribution in [0.1, 0.15) is 12.8 Å². The highest BCUT2D eigenvalue weighted by Gasteiger charge is 2.21. The fourth-order valence-electron chi connectivity index (χ4n) is 3.01. The lowest BCUT2D eigenvalue weighted by atomic mass is 10.1. The summed E-state index contributed by atoms with van der Waals surface area (Å²) in [6.07, 6.45) is 3.29. The first kappa shape index (κ1) is 18.5. The number of aliphatic hydroxyl groups excluding tert-OH is 1. The van der Waals surface area contributed by atoms with E-state index < -0.39 is 6.10 Å². The number of benzene rings is 2. The van der Waals surface area contributed by atoms with Gasteiger partial charge in [-0.3, -0.25) is 4.79 Å². The van der Waals surface area contributed by atoms with E-state index >= 15 is 0 Å². The van der Waals surface area contributed by atoms with Gasteiger partial charge in [0.15, 0.2) is 5.43 Å². The highest BCUT2D eigenvalue weighted by atomic mass is 16.5. The zero-order chi connectivity index (χ0) is 19.5. The molecule has 0 radical (unpaired) electrons. The highest BCUT2D eigenvalue weighted by Crippen LogP contribution is 2.24. The molecule has 2 aromatic carbocycles. The lowest BCUT2D eigenvalue weighted by molar-refractivity contribution is 0.106. The number of hydrogen-bond donors (Lipinski definition) is 2. The average Bonchev–Trinajstić information content (AvgIpc) is 3.56. The zero-order valence-corrected chi connectivity index (χ0v) is 15.7. The largest absolute Gasteiger partial charge is 0.497 e. The van der Waals surface area contributed by atoms with Crippen LogP contribution >= 0.6 is 0 Å². The van der Waals surface area contributed by atoms with Crippen molar-refractivity contribution in [1.82, 2.24) is 5.32 Å². The molecule has 0 bridgehead atoms. The normalized spacial score (nSPS) is 14.8. The van der Waals surface area contributed by atoms with Gasteiger partial charge >= 0.3 is 0 Å². The molecule has 1 aliphatic carbocycles. The molecule has 0 amide bonds. The summed E-state index contributed by atoms with van der Waals surface area (Å²) >= 11 is 0. The second-order valence-electron chi connectivity index (χ2n) is 7.01. The summed E-state index contributed by atoms with van der Waals surface area (Å²) in [5.41, 5.74) is 1.62. The second-order valence-corrected chi connectivity index (χ2v) is 7.01. The minimum absolute atomic E-state index is 0.0980. The van der Waals surface area contributed by atoms with Crippen LogP contribution in [0.4, 0.5) is 0 Å². The van der Waals surface area contributed by atoms with Crippen LogP contribution in [0.5, 0.6) is 11.5 Å². The minimum Gasteiger partial charge on any atom is -0.497 e. The van der Waals surface area contributed by atoms with E-state index in [0.29, 0.717) is 40.6 Å². The van der Waals surface area contributed by atoms with Gasteiger partial charge in [0, 0.05) is 18.7 Å². The summed E-state index contributed by atoms with van der Waals surface area (Å²) in [5, 5.41) is 13.7. The predicted molar refractivity (Wildman–Crippen MR) is 107 cm³/mol. The van der Waals surface area contributed by atoms with E-state index in [0.717, 1.165) is 5.56 Å². The molecule has 6 heteroatoms. The molecule has 1 aliphatic rings. The molecule has 28 heavy (non-hydrogen) atoms. The molecule has 0 saturated heterocycles. The topological polar surface area (TPSA) is 80.9 Å². The Kier molecular flexibility index (Phi) is 5.32. The maximum absolute atomic E-state index is 12.8. The maximum Gasteiger partial charge on any atom is 0.200 e. The third-order valence-electron chi connectivity index (χ3n) is 4.81. The average molecular weight is 381 g/mol. The van der Waals surface area contributed by atoms with Crippen molar-refractivity contribution in [2.24, 2.45) is 0 Å². The summed E-state index contributed by atoms with van der Waals surface area (Å²) in [6.45, 7) is 0.755. The molecule has 0 aliphatic heterocycles. The molecule has 146 valence electrons. The van der Waals surface area contributed by atoms with E-state index in [4.69, 9.17) is 13.9 Å². The molecule has 1 saturated carbocycles. The third kappa shape index (κ3) is 4.18. The van der Waals surface area contributed by atoms with Crippen LogP contribution in [-0.2, 0) is 0 Å². The van der Waals surface area contributed by atoms with Gasteiger partial charge in [0.2, 0.25) is 0 Å². The van der Waals surface area contributed by atoms with Crippen molar-refractivity contribution in [3.8, 4) is 22.6 Å². The lowest BCUT2D eigenvalue weighted by Crippen LogP contribution is -2.32. The zero-order valence-electron chi connectivity index (χ0n) is 15.7. The Morgan fingerprint density at radius 2 is 1.93 bits per heavy atom. The molecule has 4 rings (SSSR count). The van der Waals surface area contributed by atoms with E-state index in [9.17, 15) is 9.90 Å². The summed E-state index contributed by atoms with van der Waals surface area (Å²) in [6, 6.07) is 12.9. The third-order valence-corrected chi connectivity index (χ3v) is 4.81. The Balaban J connectivity index is 1.45. The summed E-state index contributed by atoms with van der Waals surface area (Å²) in [7, 11) is 1.57. The van der Waals surface area contributed by atoms with Gasteiger partial charge in [-0.15, -0.1) is 0 Å². The second kappa shape index (κ2) is 8.04.